The fourth-order valence-corrected chi connectivity index (χ4v) is 4.26. The molecule has 1 atom stereocenters. The van der Waals surface area contributed by atoms with Crippen molar-refractivity contribution in [2.24, 2.45) is 0 Å². The van der Waals surface area contributed by atoms with E-state index in [0.29, 0.717) is 41.7 Å². The molecule has 1 saturated heterocycles. The molecule has 2 N–H and O–H groups in total. The maximum Gasteiger partial charge on any atom is 0.244 e. The van der Waals surface area contributed by atoms with Gasteiger partial charge in [-0.15, -0.1) is 0 Å². The number of nitriles is 1. The van der Waals surface area contributed by atoms with Crippen LogP contribution in [0.25, 0.3) is 22.0 Å². The first-order valence-corrected chi connectivity index (χ1v) is 10.8. The highest BCUT2D eigenvalue weighted by Crippen LogP contribution is 2.35. The second-order valence-corrected chi connectivity index (χ2v) is 8.31. The maximum absolute atomic E-state index is 11.4. The molecule has 164 valence electrons. The molecular formula is C22H20Cl2N6O2. The van der Waals surface area contributed by atoms with Gasteiger partial charge in [-0.3, -0.25) is 14.9 Å². The van der Waals surface area contributed by atoms with Gasteiger partial charge in [0.05, 0.1) is 16.6 Å². The molecular weight excluding hydrogens is 451 g/mol. The Bertz CT molecular complexity index is 1180. The molecule has 1 fully saturated rings. The van der Waals surface area contributed by atoms with Crippen LogP contribution in [-0.2, 0) is 4.79 Å². The Morgan fingerprint density at radius 1 is 1.22 bits per heavy atom. The minimum Gasteiger partial charge on any atom is -0.352 e. The standard InChI is InChI=1S/C22H20Cl2N6O2/c23-15-3-1-14(2-4-15)17-9-18-20(10-19(17)24)26-13-27-22(18)30-8-7-29(16(11-25)12-30)6-5-21(31)28-32/h1-4,9-10,13,16,32H,5-8,12H2,(H,28,31). The van der Waals surface area contributed by atoms with Gasteiger partial charge in [0, 0.05) is 48.6 Å². The van der Waals surface area contributed by atoms with E-state index in [1.54, 1.807) is 5.48 Å². The van der Waals surface area contributed by atoms with Crippen LogP contribution in [0.15, 0.2) is 42.7 Å². The number of nitrogens with one attached hydrogen (secondary N) is 1. The number of nitrogens with zero attached hydrogens (tertiary/aromatic N) is 5. The van der Waals surface area contributed by atoms with Crippen molar-refractivity contribution in [3.63, 3.8) is 0 Å². The van der Waals surface area contributed by atoms with Crippen LogP contribution < -0.4 is 10.4 Å². The van der Waals surface area contributed by atoms with Crippen LogP contribution in [0.2, 0.25) is 10.0 Å². The number of hydrogen-bond donors (Lipinski definition) is 2. The number of halogens is 2. The van der Waals surface area contributed by atoms with Crippen LogP contribution in [0, 0.1) is 11.3 Å². The first-order chi connectivity index (χ1) is 15.5. The number of hydrogen-bond acceptors (Lipinski definition) is 7. The Kier molecular flexibility index (Phi) is 6.72. The van der Waals surface area contributed by atoms with E-state index < -0.39 is 11.9 Å². The number of fused-ring (bicyclic) bond motifs is 1. The van der Waals surface area contributed by atoms with Crippen LogP contribution in [0.5, 0.6) is 0 Å². The smallest absolute Gasteiger partial charge is 0.244 e. The molecule has 1 aliphatic heterocycles. The SMILES string of the molecule is N#CC1CN(c2ncnc3cc(Cl)c(-c4ccc(Cl)cc4)cc23)CCN1CCC(=O)NO. The van der Waals surface area contributed by atoms with Crippen molar-refractivity contribution in [2.75, 3.05) is 31.1 Å². The molecule has 1 aromatic heterocycles. The third-order valence-corrected chi connectivity index (χ3v) is 6.11. The number of anilines is 1. The molecule has 1 aliphatic rings. The summed E-state index contributed by atoms with van der Waals surface area (Å²) in [6.45, 7) is 2.03. The zero-order valence-corrected chi connectivity index (χ0v) is 18.5. The van der Waals surface area contributed by atoms with Crippen LogP contribution in [0.3, 0.4) is 0 Å². The predicted molar refractivity (Wildman–Crippen MR) is 123 cm³/mol. The summed E-state index contributed by atoms with van der Waals surface area (Å²) < 4.78 is 0. The molecule has 1 amide bonds. The van der Waals surface area contributed by atoms with Crippen molar-refractivity contribution in [3.8, 4) is 17.2 Å². The van der Waals surface area contributed by atoms with Gasteiger partial charge < -0.3 is 4.90 Å². The summed E-state index contributed by atoms with van der Waals surface area (Å²) in [6.07, 6.45) is 1.61. The average molecular weight is 471 g/mol. The number of aromatic nitrogens is 2. The molecule has 0 saturated carbocycles. The van der Waals surface area contributed by atoms with Crippen molar-refractivity contribution in [3.05, 3.63) is 52.8 Å². The maximum atomic E-state index is 11.4. The van der Waals surface area contributed by atoms with Gasteiger partial charge >= 0.3 is 0 Å². The van der Waals surface area contributed by atoms with E-state index in [9.17, 15) is 10.1 Å². The van der Waals surface area contributed by atoms with Gasteiger partial charge in [-0.05, 0) is 29.8 Å². The van der Waals surface area contributed by atoms with Gasteiger partial charge in [0.25, 0.3) is 0 Å². The molecule has 0 spiro atoms. The number of rotatable bonds is 5. The highest BCUT2D eigenvalue weighted by Gasteiger charge is 2.29. The molecule has 0 bridgehead atoms. The second-order valence-electron chi connectivity index (χ2n) is 7.47. The lowest BCUT2D eigenvalue weighted by molar-refractivity contribution is -0.129. The third kappa shape index (κ3) is 4.61. The summed E-state index contributed by atoms with van der Waals surface area (Å²) in [5, 5.41) is 20.4. The first kappa shape index (κ1) is 22.2. The van der Waals surface area contributed by atoms with Crippen molar-refractivity contribution in [1.29, 1.82) is 5.26 Å². The number of hydroxylamine groups is 1. The quantitative estimate of drug-likeness (QED) is 0.433. The summed E-state index contributed by atoms with van der Waals surface area (Å²) >= 11 is 12.6. The van der Waals surface area contributed by atoms with Crippen LogP contribution >= 0.6 is 23.2 Å². The molecule has 3 aromatic rings. The number of piperazine rings is 1. The lowest BCUT2D eigenvalue weighted by atomic mass is 10.0. The molecule has 0 radical (unpaired) electrons. The van der Waals surface area contributed by atoms with Gasteiger partial charge in [0.15, 0.2) is 0 Å². The van der Waals surface area contributed by atoms with Gasteiger partial charge in [-0.2, -0.15) is 5.26 Å². The Morgan fingerprint density at radius 2 is 2.00 bits per heavy atom. The van der Waals surface area contributed by atoms with Gasteiger partial charge in [-0.1, -0.05) is 35.3 Å². The van der Waals surface area contributed by atoms with E-state index >= 15 is 0 Å². The number of carbonyl (C=O) groups is 1. The molecule has 32 heavy (non-hydrogen) atoms. The first-order valence-electron chi connectivity index (χ1n) is 10.0. The monoisotopic (exact) mass is 470 g/mol. The summed E-state index contributed by atoms with van der Waals surface area (Å²) in [6, 6.07) is 13.1. The Morgan fingerprint density at radius 3 is 2.72 bits per heavy atom. The van der Waals surface area contributed by atoms with Gasteiger partial charge in [0.2, 0.25) is 5.91 Å². The van der Waals surface area contributed by atoms with Gasteiger partial charge in [-0.25, -0.2) is 15.4 Å². The lowest BCUT2D eigenvalue weighted by Gasteiger charge is -2.39. The molecule has 1 unspecified atom stereocenters. The zero-order valence-electron chi connectivity index (χ0n) is 17.0. The van der Waals surface area contributed by atoms with Crippen LogP contribution in [0.4, 0.5) is 5.82 Å². The highest BCUT2D eigenvalue weighted by atomic mass is 35.5. The molecule has 8 nitrogen and oxygen atoms in total. The topological polar surface area (TPSA) is 105 Å². The van der Waals surface area contributed by atoms with Crippen LogP contribution in [0.1, 0.15) is 6.42 Å². The van der Waals surface area contributed by atoms with Crippen molar-refractivity contribution >= 4 is 45.8 Å². The van der Waals surface area contributed by atoms with E-state index in [1.807, 2.05) is 41.3 Å². The number of carbonyl (C=O) groups excluding carboxylic acids is 1. The summed E-state index contributed by atoms with van der Waals surface area (Å²) in [5.41, 5.74) is 4.11. The molecule has 2 heterocycles. The number of benzene rings is 2. The Hall–Kier alpha value is -2.96. The Balaban J connectivity index is 1.64. The van der Waals surface area contributed by atoms with E-state index in [4.69, 9.17) is 28.4 Å². The minimum absolute atomic E-state index is 0.119. The van der Waals surface area contributed by atoms with E-state index in [1.165, 1.54) is 6.33 Å². The fourth-order valence-electron chi connectivity index (χ4n) is 3.87. The van der Waals surface area contributed by atoms with E-state index in [0.717, 1.165) is 22.3 Å². The zero-order chi connectivity index (χ0) is 22.7. The summed E-state index contributed by atoms with van der Waals surface area (Å²) in [5.74, 6) is 0.257. The fraction of sp³-hybridized carbons (Fsp3) is 0.273. The predicted octanol–water partition coefficient (Wildman–Crippen LogP) is 3.51. The highest BCUT2D eigenvalue weighted by molar-refractivity contribution is 6.34. The van der Waals surface area contributed by atoms with E-state index in [2.05, 4.69) is 20.9 Å². The summed E-state index contributed by atoms with van der Waals surface area (Å²) in [7, 11) is 0. The second kappa shape index (κ2) is 9.67. The molecule has 2 aromatic carbocycles. The molecule has 4 rings (SSSR count). The van der Waals surface area contributed by atoms with Crippen molar-refractivity contribution in [1.82, 2.24) is 20.3 Å². The van der Waals surface area contributed by atoms with Crippen molar-refractivity contribution < 1.29 is 10.0 Å². The van der Waals surface area contributed by atoms with E-state index in [-0.39, 0.29) is 6.42 Å². The number of amides is 1. The Labute approximate surface area is 195 Å². The van der Waals surface area contributed by atoms with Crippen molar-refractivity contribution in [2.45, 2.75) is 12.5 Å². The normalized spacial score (nSPS) is 16.7. The summed E-state index contributed by atoms with van der Waals surface area (Å²) in [4.78, 5) is 24.2. The average Bonchev–Trinajstić information content (AvgIpc) is 2.82. The lowest BCUT2D eigenvalue weighted by Crippen LogP contribution is -2.53. The minimum atomic E-state index is -0.475. The molecule has 0 aliphatic carbocycles. The van der Waals surface area contributed by atoms with Gasteiger partial charge in [0.1, 0.15) is 18.2 Å². The third-order valence-electron chi connectivity index (χ3n) is 5.55. The largest absolute Gasteiger partial charge is 0.352 e. The van der Waals surface area contributed by atoms with Crippen LogP contribution in [-0.4, -0.2) is 58.2 Å². The molecule has 10 heteroatoms.